The normalized spacial score (nSPS) is 11.3. The van der Waals surface area contributed by atoms with Gasteiger partial charge in [0.2, 0.25) is 0 Å². The molecular weight excluding hydrogens is 226 g/mol. The predicted octanol–water partition coefficient (Wildman–Crippen LogP) is 1.03. The maximum Gasteiger partial charge on any atom is 0.265 e. The molecule has 0 unspecified atom stereocenters. The fourth-order valence-electron chi connectivity index (χ4n) is 1.33. The predicted molar refractivity (Wildman–Crippen MR) is 64.9 cm³/mol. The molecule has 2 N–H and O–H groups in total. The van der Waals surface area contributed by atoms with E-state index in [9.17, 15) is 9.90 Å². The number of carbonyl (C=O) groups excluding carboxylic acids is 1. The second-order valence-corrected chi connectivity index (χ2v) is 5.28. The Morgan fingerprint density at radius 1 is 1.69 bits per heavy atom. The lowest BCUT2D eigenvalue weighted by Gasteiger charge is -2.24. The summed E-state index contributed by atoms with van der Waals surface area (Å²) in [5, 5.41) is 13.2. The molecule has 1 rings (SSSR count). The number of aliphatic hydroxyl groups is 1. The monoisotopic (exact) mass is 243 g/mol. The zero-order valence-corrected chi connectivity index (χ0v) is 10.8. The minimum absolute atomic E-state index is 0.124. The molecule has 0 saturated carbocycles. The molecule has 90 valence electrons. The number of aromatic nitrogens is 1. The molecule has 0 aliphatic heterocycles. The Balaban J connectivity index is 2.70. The first-order valence-corrected chi connectivity index (χ1v) is 5.76. The summed E-state index contributed by atoms with van der Waals surface area (Å²) in [5.41, 5.74) is -0.888. The zero-order chi connectivity index (χ0) is 12.3. The molecule has 1 heterocycles. The molecule has 0 aliphatic rings. The lowest BCUT2D eigenvalue weighted by Crippen LogP contribution is -2.39. The van der Waals surface area contributed by atoms with E-state index in [-0.39, 0.29) is 5.91 Å². The van der Waals surface area contributed by atoms with Gasteiger partial charge in [-0.15, -0.1) is 0 Å². The molecule has 0 aromatic carbocycles. The number of likely N-dealkylation sites (N-methyl/N-ethyl adjacent to an activating group) is 1. The first-order chi connectivity index (χ1) is 7.33. The SMILES string of the molecule is CNc1ncc(C(=O)N(C)CC(C)(C)O)s1. The van der Waals surface area contributed by atoms with Crippen LogP contribution in [0.3, 0.4) is 0 Å². The summed E-state index contributed by atoms with van der Waals surface area (Å²) >= 11 is 1.30. The van der Waals surface area contributed by atoms with E-state index in [0.717, 1.165) is 0 Å². The highest BCUT2D eigenvalue weighted by atomic mass is 32.1. The molecule has 0 aliphatic carbocycles. The van der Waals surface area contributed by atoms with Crippen molar-refractivity contribution in [3.05, 3.63) is 11.1 Å². The van der Waals surface area contributed by atoms with Gasteiger partial charge in [0.25, 0.3) is 5.91 Å². The summed E-state index contributed by atoms with van der Waals surface area (Å²) in [6, 6.07) is 0. The van der Waals surface area contributed by atoms with E-state index in [1.807, 2.05) is 0 Å². The van der Waals surface area contributed by atoms with Crippen LogP contribution in [0.1, 0.15) is 23.5 Å². The Morgan fingerprint density at radius 2 is 2.31 bits per heavy atom. The fourth-order valence-corrected chi connectivity index (χ4v) is 2.09. The Kier molecular flexibility index (Phi) is 3.88. The van der Waals surface area contributed by atoms with E-state index >= 15 is 0 Å². The lowest BCUT2D eigenvalue weighted by molar-refractivity contribution is 0.0370. The molecular formula is C10H17N3O2S. The average Bonchev–Trinajstić information content (AvgIpc) is 2.61. The third-order valence-corrected chi connectivity index (χ3v) is 2.90. The molecule has 0 radical (unpaired) electrons. The van der Waals surface area contributed by atoms with Gasteiger partial charge in [-0.1, -0.05) is 11.3 Å². The highest BCUT2D eigenvalue weighted by Crippen LogP contribution is 2.19. The number of anilines is 1. The maximum atomic E-state index is 11.9. The quantitative estimate of drug-likeness (QED) is 0.829. The van der Waals surface area contributed by atoms with Gasteiger partial charge in [0.15, 0.2) is 5.13 Å². The lowest BCUT2D eigenvalue weighted by atomic mass is 10.1. The Labute approximate surface area is 99.1 Å². The van der Waals surface area contributed by atoms with Crippen LogP contribution in [0.15, 0.2) is 6.20 Å². The average molecular weight is 243 g/mol. The summed E-state index contributed by atoms with van der Waals surface area (Å²) < 4.78 is 0. The van der Waals surface area contributed by atoms with Crippen molar-refractivity contribution in [3.8, 4) is 0 Å². The van der Waals surface area contributed by atoms with E-state index in [4.69, 9.17) is 0 Å². The van der Waals surface area contributed by atoms with Crippen molar-refractivity contribution in [1.82, 2.24) is 9.88 Å². The topological polar surface area (TPSA) is 65.5 Å². The van der Waals surface area contributed by atoms with Gasteiger partial charge < -0.3 is 15.3 Å². The van der Waals surface area contributed by atoms with Crippen LogP contribution in [-0.2, 0) is 0 Å². The third-order valence-electron chi connectivity index (χ3n) is 1.90. The Bertz CT molecular complexity index is 370. The third kappa shape index (κ3) is 3.46. The van der Waals surface area contributed by atoms with Crippen LogP contribution in [-0.4, -0.2) is 47.1 Å². The zero-order valence-electron chi connectivity index (χ0n) is 9.94. The van der Waals surface area contributed by atoms with Crippen molar-refractivity contribution in [1.29, 1.82) is 0 Å². The molecule has 5 nitrogen and oxygen atoms in total. The van der Waals surface area contributed by atoms with Crippen LogP contribution in [0, 0.1) is 0 Å². The van der Waals surface area contributed by atoms with E-state index in [2.05, 4.69) is 10.3 Å². The summed E-state index contributed by atoms with van der Waals surface area (Å²) in [5.74, 6) is -0.124. The molecule has 6 heteroatoms. The van der Waals surface area contributed by atoms with Crippen molar-refractivity contribution in [2.24, 2.45) is 0 Å². The number of carbonyl (C=O) groups is 1. The summed E-state index contributed by atoms with van der Waals surface area (Å²) in [6.07, 6.45) is 1.54. The van der Waals surface area contributed by atoms with Crippen LogP contribution in [0.2, 0.25) is 0 Å². The van der Waals surface area contributed by atoms with Crippen LogP contribution < -0.4 is 5.32 Å². The number of rotatable bonds is 4. The summed E-state index contributed by atoms with van der Waals surface area (Å²) in [6.45, 7) is 3.63. The molecule has 0 atom stereocenters. The Morgan fingerprint density at radius 3 is 2.75 bits per heavy atom. The van der Waals surface area contributed by atoms with Crippen LogP contribution >= 0.6 is 11.3 Å². The highest BCUT2D eigenvalue weighted by molar-refractivity contribution is 7.17. The molecule has 1 aromatic rings. The maximum absolute atomic E-state index is 11.9. The second kappa shape index (κ2) is 4.80. The molecule has 1 aromatic heterocycles. The van der Waals surface area contributed by atoms with Gasteiger partial charge in [0.1, 0.15) is 4.88 Å². The standard InChI is InChI=1S/C10H17N3O2S/c1-10(2,15)6-13(4)8(14)7-5-12-9(11-3)16-7/h5,15H,6H2,1-4H3,(H,11,12). The van der Waals surface area contributed by atoms with Crippen LogP contribution in [0.4, 0.5) is 5.13 Å². The molecule has 0 fully saturated rings. The van der Waals surface area contributed by atoms with Gasteiger partial charge in [-0.2, -0.15) is 0 Å². The highest BCUT2D eigenvalue weighted by Gasteiger charge is 2.21. The van der Waals surface area contributed by atoms with Gasteiger partial charge in [-0.05, 0) is 13.8 Å². The smallest absolute Gasteiger partial charge is 0.265 e. The molecule has 0 bridgehead atoms. The number of hydrogen-bond acceptors (Lipinski definition) is 5. The number of thiazole rings is 1. The largest absolute Gasteiger partial charge is 0.389 e. The van der Waals surface area contributed by atoms with Gasteiger partial charge in [0.05, 0.1) is 11.8 Å². The molecule has 1 amide bonds. The number of amides is 1. The fraction of sp³-hybridized carbons (Fsp3) is 0.600. The van der Waals surface area contributed by atoms with Crippen molar-refractivity contribution >= 4 is 22.4 Å². The first kappa shape index (κ1) is 12.9. The summed E-state index contributed by atoms with van der Waals surface area (Å²) in [7, 11) is 3.42. The van der Waals surface area contributed by atoms with E-state index < -0.39 is 5.60 Å². The van der Waals surface area contributed by atoms with Crippen molar-refractivity contribution < 1.29 is 9.90 Å². The molecule has 16 heavy (non-hydrogen) atoms. The molecule has 0 spiro atoms. The first-order valence-electron chi connectivity index (χ1n) is 4.95. The van der Waals surface area contributed by atoms with Crippen molar-refractivity contribution in [3.63, 3.8) is 0 Å². The van der Waals surface area contributed by atoms with Gasteiger partial charge in [0, 0.05) is 20.6 Å². The number of nitrogens with one attached hydrogen (secondary N) is 1. The Hall–Kier alpha value is -1.14. The van der Waals surface area contributed by atoms with Crippen LogP contribution in [0.5, 0.6) is 0 Å². The van der Waals surface area contributed by atoms with Crippen molar-refractivity contribution in [2.45, 2.75) is 19.4 Å². The minimum atomic E-state index is -0.888. The second-order valence-electron chi connectivity index (χ2n) is 4.25. The minimum Gasteiger partial charge on any atom is -0.389 e. The number of nitrogens with zero attached hydrogens (tertiary/aromatic N) is 2. The van der Waals surface area contributed by atoms with Crippen molar-refractivity contribution in [2.75, 3.05) is 26.0 Å². The summed E-state index contributed by atoms with van der Waals surface area (Å²) in [4.78, 5) is 18.0. The molecule has 0 saturated heterocycles. The van der Waals surface area contributed by atoms with Crippen LogP contribution in [0.25, 0.3) is 0 Å². The van der Waals surface area contributed by atoms with E-state index in [0.29, 0.717) is 16.6 Å². The van der Waals surface area contributed by atoms with E-state index in [1.54, 1.807) is 34.1 Å². The number of hydrogen-bond donors (Lipinski definition) is 2. The van der Waals surface area contributed by atoms with E-state index in [1.165, 1.54) is 16.2 Å². The van der Waals surface area contributed by atoms with Gasteiger partial charge in [-0.3, -0.25) is 4.79 Å². The van der Waals surface area contributed by atoms with Gasteiger partial charge in [-0.25, -0.2) is 4.98 Å². The van der Waals surface area contributed by atoms with Gasteiger partial charge >= 0.3 is 0 Å².